The molecule has 0 aliphatic heterocycles. The van der Waals surface area contributed by atoms with Crippen LogP contribution in [0.25, 0.3) is 0 Å². The second kappa shape index (κ2) is 9.25. The quantitative estimate of drug-likeness (QED) is 0.308. The summed E-state index contributed by atoms with van der Waals surface area (Å²) in [7, 11) is -4.08. The molecular formula is C20H14ClN5O4S. The van der Waals surface area contributed by atoms with Gasteiger partial charge in [-0.2, -0.15) is 10.4 Å². The Morgan fingerprint density at radius 1 is 1.10 bits per heavy atom. The number of nitro groups is 1. The smallest absolute Gasteiger partial charge is 0.280 e. The minimum Gasteiger partial charge on any atom is -0.280 e. The van der Waals surface area contributed by atoms with Crippen LogP contribution in [0.3, 0.4) is 0 Å². The molecule has 31 heavy (non-hydrogen) atoms. The molecule has 2 N–H and O–H groups in total. The van der Waals surface area contributed by atoms with Crippen molar-refractivity contribution < 1.29 is 13.3 Å². The fourth-order valence-electron chi connectivity index (χ4n) is 2.51. The molecule has 0 unspecified atom stereocenters. The van der Waals surface area contributed by atoms with Crippen LogP contribution in [-0.4, -0.2) is 19.6 Å². The Morgan fingerprint density at radius 2 is 1.84 bits per heavy atom. The average molecular weight is 456 g/mol. The van der Waals surface area contributed by atoms with E-state index in [4.69, 9.17) is 16.9 Å². The Kier molecular flexibility index (Phi) is 6.49. The lowest BCUT2D eigenvalue weighted by Gasteiger charge is -2.09. The topological polar surface area (TPSA) is 137 Å². The summed E-state index contributed by atoms with van der Waals surface area (Å²) in [5.41, 5.74) is 3.46. The molecule has 3 rings (SSSR count). The molecular weight excluding hydrogens is 442 g/mol. The van der Waals surface area contributed by atoms with Crippen LogP contribution in [0.5, 0.6) is 0 Å². The molecule has 0 radical (unpaired) electrons. The van der Waals surface area contributed by atoms with Gasteiger partial charge in [0.05, 0.1) is 33.4 Å². The molecule has 0 bridgehead atoms. The minimum atomic E-state index is -4.08. The lowest BCUT2D eigenvalue weighted by Crippen LogP contribution is -2.13. The molecule has 0 amide bonds. The van der Waals surface area contributed by atoms with Gasteiger partial charge in [0.2, 0.25) is 0 Å². The molecule has 0 saturated carbocycles. The predicted octanol–water partition coefficient (Wildman–Crippen LogP) is 4.37. The third-order valence-electron chi connectivity index (χ3n) is 3.99. The molecule has 0 aliphatic carbocycles. The van der Waals surface area contributed by atoms with E-state index in [1.54, 1.807) is 36.4 Å². The second-order valence-corrected chi connectivity index (χ2v) is 8.27. The number of hydrogen-bond donors (Lipinski definition) is 2. The van der Waals surface area contributed by atoms with Crippen LogP contribution >= 0.6 is 11.6 Å². The molecule has 9 nitrogen and oxygen atoms in total. The average Bonchev–Trinajstić information content (AvgIpc) is 2.74. The zero-order valence-electron chi connectivity index (χ0n) is 15.7. The number of hydrazone groups is 1. The van der Waals surface area contributed by atoms with Crippen molar-refractivity contribution in [2.75, 3.05) is 10.1 Å². The largest absolute Gasteiger partial charge is 0.295 e. The van der Waals surface area contributed by atoms with Crippen molar-refractivity contribution in [1.82, 2.24) is 0 Å². The maximum absolute atomic E-state index is 12.6. The monoisotopic (exact) mass is 455 g/mol. The predicted molar refractivity (Wildman–Crippen MR) is 118 cm³/mol. The van der Waals surface area contributed by atoms with Crippen molar-refractivity contribution in [3.05, 3.63) is 93.0 Å². The zero-order chi connectivity index (χ0) is 22.4. The van der Waals surface area contributed by atoms with Gasteiger partial charge in [0.15, 0.2) is 0 Å². The molecule has 0 aliphatic rings. The molecule has 3 aromatic rings. The Morgan fingerprint density at radius 3 is 2.48 bits per heavy atom. The van der Waals surface area contributed by atoms with E-state index < -0.39 is 20.6 Å². The maximum Gasteiger partial charge on any atom is 0.295 e. The summed E-state index contributed by atoms with van der Waals surface area (Å²) in [4.78, 5) is 10.5. The van der Waals surface area contributed by atoms with E-state index in [1.165, 1.54) is 30.5 Å². The van der Waals surface area contributed by atoms with E-state index in [0.29, 0.717) is 16.1 Å². The first-order chi connectivity index (χ1) is 14.8. The van der Waals surface area contributed by atoms with Gasteiger partial charge in [-0.1, -0.05) is 29.8 Å². The van der Waals surface area contributed by atoms with Gasteiger partial charge in [-0.3, -0.25) is 20.3 Å². The Bertz CT molecular complexity index is 1300. The van der Waals surface area contributed by atoms with Gasteiger partial charge in [0, 0.05) is 11.1 Å². The molecule has 0 heterocycles. The number of nitrogens with zero attached hydrogens (tertiary/aromatic N) is 3. The summed E-state index contributed by atoms with van der Waals surface area (Å²) in [6.07, 6.45) is 1.41. The molecule has 3 aromatic carbocycles. The van der Waals surface area contributed by atoms with Crippen LogP contribution in [0.1, 0.15) is 11.1 Å². The van der Waals surface area contributed by atoms with Crippen LogP contribution < -0.4 is 10.1 Å². The van der Waals surface area contributed by atoms with Crippen molar-refractivity contribution in [3.8, 4) is 6.07 Å². The molecule has 0 fully saturated rings. The van der Waals surface area contributed by atoms with Crippen LogP contribution in [0.4, 0.5) is 17.1 Å². The minimum absolute atomic E-state index is 0.0107. The van der Waals surface area contributed by atoms with Crippen molar-refractivity contribution in [1.29, 1.82) is 5.26 Å². The number of sulfonamides is 1. The first kappa shape index (κ1) is 21.8. The number of halogens is 1. The summed E-state index contributed by atoms with van der Waals surface area (Å²) in [6.45, 7) is 0. The van der Waals surface area contributed by atoms with Crippen molar-refractivity contribution in [2.24, 2.45) is 5.10 Å². The summed E-state index contributed by atoms with van der Waals surface area (Å²) < 4.78 is 27.5. The van der Waals surface area contributed by atoms with Gasteiger partial charge in [0.25, 0.3) is 15.7 Å². The van der Waals surface area contributed by atoms with E-state index >= 15 is 0 Å². The summed E-state index contributed by atoms with van der Waals surface area (Å²) in [5.74, 6) is 0. The van der Waals surface area contributed by atoms with Gasteiger partial charge >= 0.3 is 0 Å². The molecule has 0 atom stereocenters. The van der Waals surface area contributed by atoms with Gasteiger partial charge in [-0.05, 0) is 48.0 Å². The van der Waals surface area contributed by atoms with E-state index in [0.717, 1.165) is 6.07 Å². The van der Waals surface area contributed by atoms with Crippen molar-refractivity contribution >= 4 is 44.9 Å². The fraction of sp³-hybridized carbons (Fsp3) is 0. The highest BCUT2D eigenvalue weighted by Gasteiger charge is 2.21. The highest BCUT2D eigenvalue weighted by molar-refractivity contribution is 7.92. The standard InChI is InChI=1S/C20H14ClN5O4S/c21-16-2-1-3-17(10-16)25-31(29,30)18-8-9-19(20(11-18)26(27)28)24-23-13-15-6-4-14(12-22)5-7-15/h1-11,13,24-25H. The molecule has 0 aromatic heterocycles. The summed E-state index contributed by atoms with van der Waals surface area (Å²) in [6, 6.07) is 18.0. The number of rotatable bonds is 7. The molecule has 11 heteroatoms. The highest BCUT2D eigenvalue weighted by Crippen LogP contribution is 2.29. The molecule has 156 valence electrons. The summed E-state index contributed by atoms with van der Waals surface area (Å²) in [5, 5.41) is 24.5. The first-order valence-corrected chi connectivity index (χ1v) is 10.5. The Labute approximate surface area is 182 Å². The van der Waals surface area contributed by atoms with Crippen LogP contribution in [0.15, 0.2) is 76.7 Å². The van der Waals surface area contributed by atoms with Gasteiger partial charge in [-0.25, -0.2) is 8.42 Å². The number of hydrogen-bond acceptors (Lipinski definition) is 7. The van der Waals surface area contributed by atoms with Gasteiger partial charge < -0.3 is 0 Å². The summed E-state index contributed by atoms with van der Waals surface area (Å²) >= 11 is 5.86. The lowest BCUT2D eigenvalue weighted by atomic mass is 10.2. The fourth-order valence-corrected chi connectivity index (χ4v) is 3.77. The SMILES string of the molecule is N#Cc1ccc(C=NNc2ccc(S(=O)(=O)Nc3cccc(Cl)c3)cc2[N+](=O)[O-])cc1. The van der Waals surface area contributed by atoms with Gasteiger partial charge in [0.1, 0.15) is 5.69 Å². The Balaban J connectivity index is 1.82. The van der Waals surface area contributed by atoms with E-state index in [2.05, 4.69) is 15.2 Å². The number of benzene rings is 3. The first-order valence-electron chi connectivity index (χ1n) is 8.64. The van der Waals surface area contributed by atoms with E-state index in [1.807, 2.05) is 6.07 Å². The highest BCUT2D eigenvalue weighted by atomic mass is 35.5. The number of anilines is 2. The van der Waals surface area contributed by atoms with Crippen LogP contribution in [0.2, 0.25) is 5.02 Å². The van der Waals surface area contributed by atoms with E-state index in [-0.39, 0.29) is 16.3 Å². The number of nitrogens with one attached hydrogen (secondary N) is 2. The molecule has 0 spiro atoms. The zero-order valence-corrected chi connectivity index (χ0v) is 17.3. The van der Waals surface area contributed by atoms with Crippen LogP contribution in [-0.2, 0) is 10.0 Å². The normalized spacial score (nSPS) is 11.1. The Hall–Kier alpha value is -3.94. The van der Waals surface area contributed by atoms with Crippen molar-refractivity contribution in [2.45, 2.75) is 4.90 Å². The van der Waals surface area contributed by atoms with Gasteiger partial charge in [-0.15, -0.1) is 0 Å². The maximum atomic E-state index is 12.6. The third kappa shape index (κ3) is 5.57. The number of nitriles is 1. The molecule has 0 saturated heterocycles. The van der Waals surface area contributed by atoms with E-state index in [9.17, 15) is 18.5 Å². The van der Waals surface area contributed by atoms with Crippen molar-refractivity contribution in [3.63, 3.8) is 0 Å². The second-order valence-electron chi connectivity index (χ2n) is 6.16. The lowest BCUT2D eigenvalue weighted by molar-refractivity contribution is -0.384. The third-order valence-corrected chi connectivity index (χ3v) is 5.61. The number of nitro benzene ring substituents is 1. The van der Waals surface area contributed by atoms with Crippen LogP contribution in [0, 0.1) is 21.4 Å².